The van der Waals surface area contributed by atoms with Crippen LogP contribution in [0.1, 0.15) is 35.6 Å². The molecule has 3 aromatic carbocycles. The van der Waals surface area contributed by atoms with Crippen molar-refractivity contribution in [3.8, 4) is 16.5 Å². The molecule has 2 heterocycles. The second kappa shape index (κ2) is 12.2. The standard InChI is InChI=1S/C29H23Cl2N3O4Se/c30-21-7-2-18(3-8-21)25-16-26(19-4-9-22(31)10-5-19)34(33-25)28(35)24-14-20-6-11-23(15-27(20)38-29(24)36)37-12-1-13-39-17-32/h2-11,15,24,26H,1,12-14,16H2. The van der Waals surface area contributed by atoms with Gasteiger partial charge in [-0.3, -0.25) is 0 Å². The first-order chi connectivity index (χ1) is 18.9. The summed E-state index contributed by atoms with van der Waals surface area (Å²) in [6.07, 6.45) is 1.46. The van der Waals surface area contributed by atoms with E-state index in [1.807, 2.05) is 30.3 Å². The Hall–Kier alpha value is -3.34. The number of hydrazone groups is 1. The summed E-state index contributed by atoms with van der Waals surface area (Å²) in [6, 6.07) is 19.5. The minimum atomic E-state index is -1.03. The fourth-order valence-electron chi connectivity index (χ4n) is 4.56. The number of halogens is 2. The van der Waals surface area contributed by atoms with Gasteiger partial charge in [0.1, 0.15) is 0 Å². The third-order valence-corrected chi connectivity index (χ3v) is 8.36. The van der Waals surface area contributed by atoms with Crippen LogP contribution in [-0.4, -0.2) is 44.2 Å². The molecule has 2 aliphatic rings. The van der Waals surface area contributed by atoms with Crippen LogP contribution < -0.4 is 9.47 Å². The number of rotatable bonds is 8. The average Bonchev–Trinajstić information content (AvgIpc) is 3.38. The summed E-state index contributed by atoms with van der Waals surface area (Å²) < 4.78 is 11.3. The van der Waals surface area contributed by atoms with Gasteiger partial charge in [0.25, 0.3) is 0 Å². The second-order valence-electron chi connectivity index (χ2n) is 9.10. The van der Waals surface area contributed by atoms with Crippen LogP contribution in [0.25, 0.3) is 0 Å². The Morgan fingerprint density at radius 1 is 1.08 bits per heavy atom. The number of benzene rings is 3. The molecule has 198 valence electrons. The number of amides is 1. The molecular weight excluding hydrogens is 604 g/mol. The number of nitrogens with zero attached hydrogens (tertiary/aromatic N) is 3. The molecule has 2 atom stereocenters. The molecule has 39 heavy (non-hydrogen) atoms. The number of carbonyl (C=O) groups excluding carboxylic acids is 2. The number of ether oxygens (including phenoxy) is 2. The second-order valence-corrected chi connectivity index (χ2v) is 11.8. The first kappa shape index (κ1) is 27.2. The predicted octanol–water partition coefficient (Wildman–Crippen LogP) is 5.82. The molecule has 0 saturated heterocycles. The van der Waals surface area contributed by atoms with Gasteiger partial charge in [0.15, 0.2) is 0 Å². The summed E-state index contributed by atoms with van der Waals surface area (Å²) in [5.41, 5.74) is 3.19. The van der Waals surface area contributed by atoms with Crippen molar-refractivity contribution < 1.29 is 19.1 Å². The van der Waals surface area contributed by atoms with Crippen molar-refractivity contribution in [1.29, 1.82) is 5.26 Å². The molecular formula is C29H23Cl2N3O4Se. The van der Waals surface area contributed by atoms with E-state index >= 15 is 0 Å². The fourth-order valence-corrected chi connectivity index (χ4v) is 5.55. The van der Waals surface area contributed by atoms with E-state index in [-0.39, 0.29) is 21.4 Å². The van der Waals surface area contributed by atoms with Gasteiger partial charge in [0.2, 0.25) is 0 Å². The quantitative estimate of drug-likeness (QED) is 0.103. The summed E-state index contributed by atoms with van der Waals surface area (Å²) in [5, 5.41) is 16.8. The van der Waals surface area contributed by atoms with E-state index in [1.54, 1.807) is 36.4 Å². The van der Waals surface area contributed by atoms with E-state index in [0.717, 1.165) is 34.1 Å². The van der Waals surface area contributed by atoms with Gasteiger partial charge in [-0.05, 0) is 35.4 Å². The van der Waals surface area contributed by atoms with Crippen LogP contribution in [0.4, 0.5) is 0 Å². The van der Waals surface area contributed by atoms with Crippen molar-refractivity contribution in [3.05, 3.63) is 93.5 Å². The van der Waals surface area contributed by atoms with Crippen LogP contribution in [-0.2, 0) is 16.0 Å². The molecule has 0 fully saturated rings. The summed E-state index contributed by atoms with van der Waals surface area (Å²) in [5.74, 6) is -1.10. The van der Waals surface area contributed by atoms with Gasteiger partial charge in [-0.2, -0.15) is 5.10 Å². The zero-order chi connectivity index (χ0) is 27.4. The summed E-state index contributed by atoms with van der Waals surface area (Å²) in [4.78, 5) is 29.1. The monoisotopic (exact) mass is 627 g/mol. The van der Waals surface area contributed by atoms with E-state index in [1.165, 1.54) is 5.01 Å². The Morgan fingerprint density at radius 2 is 1.79 bits per heavy atom. The third-order valence-electron chi connectivity index (χ3n) is 6.55. The Labute approximate surface area is 242 Å². The Balaban J connectivity index is 1.36. The van der Waals surface area contributed by atoms with Gasteiger partial charge in [-0.25, -0.2) is 0 Å². The minimum absolute atomic E-state index is 0.0299. The Bertz CT molecular complexity index is 1450. The molecule has 10 heteroatoms. The number of nitriles is 1. The Kier molecular flexibility index (Phi) is 8.54. The molecule has 0 N–H and O–H groups in total. The van der Waals surface area contributed by atoms with E-state index < -0.39 is 23.8 Å². The Morgan fingerprint density at radius 3 is 2.51 bits per heavy atom. The maximum absolute atomic E-state index is 13.8. The van der Waals surface area contributed by atoms with E-state index in [9.17, 15) is 9.59 Å². The van der Waals surface area contributed by atoms with Crippen LogP contribution in [0.5, 0.6) is 11.5 Å². The summed E-state index contributed by atoms with van der Waals surface area (Å²) in [6.45, 7) is 0.478. The normalized spacial score (nSPS) is 18.1. The summed E-state index contributed by atoms with van der Waals surface area (Å²) in [7, 11) is 0. The fraction of sp³-hybridized carbons (Fsp3) is 0.241. The molecule has 0 bridgehead atoms. The van der Waals surface area contributed by atoms with Gasteiger partial charge >= 0.3 is 127 Å². The van der Waals surface area contributed by atoms with Crippen molar-refractivity contribution in [3.63, 3.8) is 0 Å². The molecule has 0 saturated carbocycles. The average molecular weight is 627 g/mol. The van der Waals surface area contributed by atoms with Gasteiger partial charge in [0.05, 0.1) is 11.8 Å². The third kappa shape index (κ3) is 6.29. The first-order valence-corrected chi connectivity index (χ1v) is 15.2. The van der Waals surface area contributed by atoms with Crippen LogP contribution in [0.15, 0.2) is 71.8 Å². The SMILES string of the molecule is N#C[Se]CCCOc1ccc2c(c1)OC(=O)C(C(=O)N1N=C(c3ccc(Cl)cc3)CC1c1ccc(Cl)cc1)C2. The maximum atomic E-state index is 13.8. The van der Waals surface area contributed by atoms with Crippen molar-refractivity contribution in [1.82, 2.24) is 5.01 Å². The molecule has 0 aromatic heterocycles. The summed E-state index contributed by atoms with van der Waals surface area (Å²) >= 11 is 12.1. The molecule has 5 rings (SSSR count). The van der Waals surface area contributed by atoms with Gasteiger partial charge in [0, 0.05) is 16.5 Å². The molecule has 0 spiro atoms. The van der Waals surface area contributed by atoms with E-state index in [2.05, 4.69) is 10.1 Å². The number of esters is 1. The van der Waals surface area contributed by atoms with E-state index in [0.29, 0.717) is 34.6 Å². The molecule has 2 unspecified atom stereocenters. The number of hydrogen-bond acceptors (Lipinski definition) is 6. The number of fused-ring (bicyclic) bond motifs is 1. The zero-order valence-electron chi connectivity index (χ0n) is 20.7. The molecule has 3 aromatic rings. The first-order valence-electron chi connectivity index (χ1n) is 12.3. The van der Waals surface area contributed by atoms with Gasteiger partial charge in [-0.15, -0.1) is 0 Å². The zero-order valence-corrected chi connectivity index (χ0v) is 23.9. The van der Waals surface area contributed by atoms with Crippen LogP contribution in [0, 0.1) is 16.1 Å². The van der Waals surface area contributed by atoms with Crippen molar-refractivity contribution in [2.75, 3.05) is 6.61 Å². The molecule has 7 nitrogen and oxygen atoms in total. The predicted molar refractivity (Wildman–Crippen MR) is 149 cm³/mol. The topological polar surface area (TPSA) is 92.0 Å². The van der Waals surface area contributed by atoms with Crippen molar-refractivity contribution >= 4 is 55.7 Å². The molecule has 1 amide bonds. The molecule has 0 radical (unpaired) electrons. The van der Waals surface area contributed by atoms with E-state index in [4.69, 9.17) is 37.9 Å². The van der Waals surface area contributed by atoms with Crippen LogP contribution in [0.3, 0.4) is 0 Å². The van der Waals surface area contributed by atoms with Crippen molar-refractivity contribution in [2.24, 2.45) is 11.0 Å². The molecule has 2 aliphatic heterocycles. The van der Waals surface area contributed by atoms with Crippen LogP contribution in [0.2, 0.25) is 15.4 Å². The number of hydrogen-bond donors (Lipinski definition) is 0. The van der Waals surface area contributed by atoms with Crippen molar-refractivity contribution in [2.45, 2.75) is 30.6 Å². The van der Waals surface area contributed by atoms with Crippen LogP contribution >= 0.6 is 23.2 Å². The van der Waals surface area contributed by atoms with Gasteiger partial charge < -0.3 is 0 Å². The molecule has 0 aliphatic carbocycles. The number of carbonyl (C=O) groups is 2. The van der Waals surface area contributed by atoms with Gasteiger partial charge in [-0.1, -0.05) is 47.5 Å².